The predicted octanol–water partition coefficient (Wildman–Crippen LogP) is 0.161. The van der Waals surface area contributed by atoms with Crippen molar-refractivity contribution in [1.29, 1.82) is 0 Å². The Kier molecular flexibility index (Phi) is 5.49. The van der Waals surface area contributed by atoms with E-state index in [1.54, 1.807) is 0 Å². The second kappa shape index (κ2) is 6.69. The lowest BCUT2D eigenvalue weighted by Crippen LogP contribution is -2.40. The van der Waals surface area contributed by atoms with Gasteiger partial charge in [0.2, 0.25) is 15.9 Å². The minimum atomic E-state index is -3.82. The Morgan fingerprint density at radius 3 is 2.35 bits per heavy atom. The largest absolute Gasteiger partial charge is 0.480 e. The molecule has 0 aromatic heterocycles. The zero-order valence-electron chi connectivity index (χ0n) is 10.5. The van der Waals surface area contributed by atoms with Gasteiger partial charge in [0, 0.05) is 12.1 Å². The maximum Gasteiger partial charge on any atom is 0.322 e. The molecule has 0 aliphatic heterocycles. The number of hydrogen-bond donors (Lipinski definition) is 2. The molecule has 0 aliphatic carbocycles. The first-order valence-corrected chi connectivity index (χ1v) is 7.25. The smallest absolute Gasteiger partial charge is 0.322 e. The third kappa shape index (κ3) is 4.48. The van der Waals surface area contributed by atoms with Gasteiger partial charge in [-0.05, 0) is 24.3 Å². The van der Waals surface area contributed by atoms with E-state index in [1.807, 2.05) is 0 Å². The molecule has 0 bridgehead atoms. The summed E-state index contributed by atoms with van der Waals surface area (Å²) in [6.45, 7) is -1.04. The number of sulfonamides is 1. The van der Waals surface area contributed by atoms with Gasteiger partial charge in [0.25, 0.3) is 0 Å². The van der Waals surface area contributed by atoms with Crippen molar-refractivity contribution in [2.24, 2.45) is 0 Å². The summed E-state index contributed by atoms with van der Waals surface area (Å²) in [4.78, 5) is 21.7. The first kappa shape index (κ1) is 16.4. The van der Waals surface area contributed by atoms with Gasteiger partial charge >= 0.3 is 5.97 Å². The van der Waals surface area contributed by atoms with Crippen LogP contribution >= 0.6 is 11.6 Å². The molecule has 0 heterocycles. The number of amides is 1. The third-order valence-electron chi connectivity index (χ3n) is 2.32. The number of nitrogens with zero attached hydrogens (tertiary/aromatic N) is 1. The van der Waals surface area contributed by atoms with Crippen LogP contribution in [0.1, 0.15) is 0 Å². The van der Waals surface area contributed by atoms with Crippen LogP contribution in [-0.4, -0.2) is 49.8 Å². The standard InChI is InChI=1S/C11H13ClN2O5S/c1-14(7-10(15)13-6-11(16)17)20(18,19)9-4-2-8(12)3-5-9/h2-5H,6-7H2,1H3,(H,13,15)(H,16,17). The molecule has 0 spiro atoms. The van der Waals surface area contributed by atoms with Gasteiger partial charge in [0.1, 0.15) is 6.54 Å². The molecule has 20 heavy (non-hydrogen) atoms. The van der Waals surface area contributed by atoms with Crippen LogP contribution in [0.15, 0.2) is 29.2 Å². The van der Waals surface area contributed by atoms with E-state index < -0.39 is 35.0 Å². The fourth-order valence-electron chi connectivity index (χ4n) is 1.30. The van der Waals surface area contributed by atoms with Crippen molar-refractivity contribution in [3.05, 3.63) is 29.3 Å². The summed E-state index contributed by atoms with van der Waals surface area (Å²) in [7, 11) is -2.60. The van der Waals surface area contributed by atoms with E-state index in [9.17, 15) is 18.0 Å². The van der Waals surface area contributed by atoms with Gasteiger partial charge < -0.3 is 10.4 Å². The third-order valence-corrected chi connectivity index (χ3v) is 4.39. The van der Waals surface area contributed by atoms with Gasteiger partial charge in [-0.2, -0.15) is 4.31 Å². The topological polar surface area (TPSA) is 104 Å². The Morgan fingerprint density at radius 2 is 1.85 bits per heavy atom. The van der Waals surface area contributed by atoms with E-state index in [2.05, 4.69) is 5.32 Å². The lowest BCUT2D eigenvalue weighted by Gasteiger charge is -2.16. The molecule has 0 unspecified atom stereocenters. The minimum Gasteiger partial charge on any atom is -0.480 e. The Balaban J connectivity index is 2.75. The molecule has 0 aliphatic rings. The number of carbonyl (C=O) groups excluding carboxylic acids is 1. The fourth-order valence-corrected chi connectivity index (χ4v) is 2.56. The second-order valence-corrected chi connectivity index (χ2v) is 6.37. The van der Waals surface area contributed by atoms with Gasteiger partial charge in [0.15, 0.2) is 0 Å². The summed E-state index contributed by atoms with van der Waals surface area (Å²) >= 11 is 5.67. The van der Waals surface area contributed by atoms with Crippen LogP contribution in [0.25, 0.3) is 0 Å². The number of benzene rings is 1. The van der Waals surface area contributed by atoms with E-state index in [-0.39, 0.29) is 4.90 Å². The maximum absolute atomic E-state index is 12.1. The Bertz CT molecular complexity index is 600. The zero-order valence-corrected chi connectivity index (χ0v) is 12.1. The molecule has 2 N–H and O–H groups in total. The normalized spacial score (nSPS) is 11.3. The van der Waals surface area contributed by atoms with Gasteiger partial charge in [-0.25, -0.2) is 8.42 Å². The van der Waals surface area contributed by atoms with Gasteiger partial charge in [-0.3, -0.25) is 9.59 Å². The number of carbonyl (C=O) groups is 2. The summed E-state index contributed by atoms with van der Waals surface area (Å²) in [5.74, 6) is -1.91. The lowest BCUT2D eigenvalue weighted by atomic mass is 10.4. The van der Waals surface area contributed by atoms with Crippen LogP contribution < -0.4 is 5.32 Å². The number of likely N-dealkylation sites (N-methyl/N-ethyl adjacent to an activating group) is 1. The van der Waals surface area contributed by atoms with E-state index in [4.69, 9.17) is 16.7 Å². The first-order valence-electron chi connectivity index (χ1n) is 5.44. The Labute approximate surface area is 121 Å². The SMILES string of the molecule is CN(CC(=O)NCC(=O)O)S(=O)(=O)c1ccc(Cl)cc1. The highest BCUT2D eigenvalue weighted by Crippen LogP contribution is 2.17. The number of halogens is 1. The van der Waals surface area contributed by atoms with Gasteiger partial charge in [0.05, 0.1) is 11.4 Å². The predicted molar refractivity (Wildman–Crippen MR) is 71.9 cm³/mol. The number of carboxylic acid groups (broad SMARTS) is 1. The van der Waals surface area contributed by atoms with Crippen LogP contribution in [-0.2, 0) is 19.6 Å². The van der Waals surface area contributed by atoms with E-state index in [0.29, 0.717) is 5.02 Å². The molecular weight excluding hydrogens is 308 g/mol. The Morgan fingerprint density at radius 1 is 1.30 bits per heavy atom. The summed E-state index contributed by atoms with van der Waals surface area (Å²) in [5, 5.41) is 10.9. The molecule has 0 atom stereocenters. The van der Waals surface area contributed by atoms with Crippen LogP contribution in [0.3, 0.4) is 0 Å². The van der Waals surface area contributed by atoms with Crippen molar-refractivity contribution in [3.8, 4) is 0 Å². The van der Waals surface area contributed by atoms with Gasteiger partial charge in [-0.1, -0.05) is 11.6 Å². The quantitative estimate of drug-likeness (QED) is 0.777. The monoisotopic (exact) mass is 320 g/mol. The fraction of sp³-hybridized carbons (Fsp3) is 0.273. The van der Waals surface area contributed by atoms with Crippen molar-refractivity contribution in [2.75, 3.05) is 20.1 Å². The van der Waals surface area contributed by atoms with Gasteiger partial charge in [-0.15, -0.1) is 0 Å². The molecule has 7 nitrogen and oxygen atoms in total. The number of hydrogen-bond acceptors (Lipinski definition) is 4. The highest BCUT2D eigenvalue weighted by Gasteiger charge is 2.22. The molecule has 9 heteroatoms. The van der Waals surface area contributed by atoms with E-state index in [1.165, 1.54) is 31.3 Å². The molecule has 1 aromatic carbocycles. The van der Waals surface area contributed by atoms with Crippen molar-refractivity contribution in [1.82, 2.24) is 9.62 Å². The molecular formula is C11H13ClN2O5S. The lowest BCUT2D eigenvalue weighted by molar-refractivity contribution is -0.137. The van der Waals surface area contributed by atoms with Crippen molar-refractivity contribution >= 4 is 33.5 Å². The minimum absolute atomic E-state index is 0.00423. The summed E-state index contributed by atoms with van der Waals surface area (Å²) in [6.07, 6.45) is 0. The molecule has 110 valence electrons. The molecule has 0 radical (unpaired) electrons. The maximum atomic E-state index is 12.1. The number of aliphatic carboxylic acids is 1. The molecule has 1 aromatic rings. The van der Waals surface area contributed by atoms with E-state index >= 15 is 0 Å². The van der Waals surface area contributed by atoms with Crippen molar-refractivity contribution in [3.63, 3.8) is 0 Å². The number of nitrogens with one attached hydrogen (secondary N) is 1. The average molecular weight is 321 g/mol. The van der Waals surface area contributed by atoms with Crippen LogP contribution in [0.4, 0.5) is 0 Å². The molecule has 1 rings (SSSR count). The molecule has 0 fully saturated rings. The van der Waals surface area contributed by atoms with Crippen molar-refractivity contribution < 1.29 is 23.1 Å². The zero-order chi connectivity index (χ0) is 15.3. The van der Waals surface area contributed by atoms with Crippen LogP contribution in [0, 0.1) is 0 Å². The summed E-state index contributed by atoms with van der Waals surface area (Å²) < 4.78 is 25.0. The molecule has 1 amide bonds. The summed E-state index contributed by atoms with van der Waals surface area (Å²) in [5.41, 5.74) is 0. The Hall–Kier alpha value is -1.64. The van der Waals surface area contributed by atoms with Crippen LogP contribution in [0.2, 0.25) is 5.02 Å². The summed E-state index contributed by atoms with van der Waals surface area (Å²) in [6, 6.07) is 5.49. The second-order valence-electron chi connectivity index (χ2n) is 3.89. The number of carboxylic acids is 1. The molecule has 0 saturated heterocycles. The highest BCUT2D eigenvalue weighted by molar-refractivity contribution is 7.89. The van der Waals surface area contributed by atoms with Crippen LogP contribution in [0.5, 0.6) is 0 Å². The average Bonchev–Trinajstić information content (AvgIpc) is 2.36. The highest BCUT2D eigenvalue weighted by atomic mass is 35.5. The number of rotatable bonds is 6. The van der Waals surface area contributed by atoms with E-state index in [0.717, 1.165) is 4.31 Å². The van der Waals surface area contributed by atoms with Crippen molar-refractivity contribution in [2.45, 2.75) is 4.90 Å². The molecule has 0 saturated carbocycles. The first-order chi connectivity index (χ1) is 9.23.